The Bertz CT molecular complexity index is 872. The summed E-state index contributed by atoms with van der Waals surface area (Å²) >= 11 is 0. The van der Waals surface area contributed by atoms with Crippen molar-refractivity contribution in [3.63, 3.8) is 0 Å². The second kappa shape index (κ2) is 7.18. The van der Waals surface area contributed by atoms with Gasteiger partial charge in [-0.05, 0) is 30.6 Å². The molecule has 142 valence electrons. The van der Waals surface area contributed by atoms with Crippen LogP contribution in [-0.2, 0) is 6.54 Å². The summed E-state index contributed by atoms with van der Waals surface area (Å²) in [6.45, 7) is 1.76. The van der Waals surface area contributed by atoms with Gasteiger partial charge in [0.2, 0.25) is 0 Å². The molecule has 1 amide bonds. The molecule has 2 heterocycles. The molecule has 1 aliphatic carbocycles. The zero-order valence-electron chi connectivity index (χ0n) is 15.4. The van der Waals surface area contributed by atoms with Crippen LogP contribution in [0.5, 0.6) is 0 Å². The number of aromatic nitrogens is 2. The van der Waals surface area contributed by atoms with Gasteiger partial charge < -0.3 is 10.0 Å². The quantitative estimate of drug-likeness (QED) is 0.901. The van der Waals surface area contributed by atoms with Gasteiger partial charge in [-0.1, -0.05) is 43.2 Å². The number of hydrogen-bond donors (Lipinski definition) is 1. The molecule has 1 aromatic carbocycles. The van der Waals surface area contributed by atoms with Crippen molar-refractivity contribution in [2.24, 2.45) is 11.3 Å². The van der Waals surface area contributed by atoms with E-state index in [4.69, 9.17) is 0 Å². The van der Waals surface area contributed by atoms with Gasteiger partial charge in [0.1, 0.15) is 0 Å². The molecule has 1 saturated heterocycles. The van der Waals surface area contributed by atoms with Gasteiger partial charge >= 0.3 is 6.09 Å². The number of rotatable bonds is 3. The highest BCUT2D eigenvalue weighted by atomic mass is 16.4. The molecule has 1 spiro atoms. The highest BCUT2D eigenvalue weighted by molar-refractivity contribution is 5.65. The van der Waals surface area contributed by atoms with E-state index in [9.17, 15) is 14.7 Å². The Hall–Kier alpha value is -2.63. The van der Waals surface area contributed by atoms with E-state index < -0.39 is 6.09 Å². The predicted octanol–water partition coefficient (Wildman–Crippen LogP) is 3.47. The van der Waals surface area contributed by atoms with E-state index in [1.54, 1.807) is 21.9 Å². The number of likely N-dealkylation sites (tertiary alicyclic amines) is 1. The summed E-state index contributed by atoms with van der Waals surface area (Å²) in [6.07, 6.45) is 6.01. The number of nitrogens with zero attached hydrogens (tertiary/aromatic N) is 3. The summed E-state index contributed by atoms with van der Waals surface area (Å²) in [4.78, 5) is 30.2. The Labute approximate surface area is 158 Å². The van der Waals surface area contributed by atoms with E-state index in [0.717, 1.165) is 37.7 Å². The van der Waals surface area contributed by atoms with Gasteiger partial charge in [-0.3, -0.25) is 9.36 Å². The van der Waals surface area contributed by atoms with Gasteiger partial charge in [0, 0.05) is 31.3 Å². The smallest absolute Gasteiger partial charge is 0.407 e. The van der Waals surface area contributed by atoms with Crippen LogP contribution in [0.25, 0.3) is 11.3 Å². The largest absolute Gasteiger partial charge is 0.465 e. The van der Waals surface area contributed by atoms with Gasteiger partial charge in [0.25, 0.3) is 5.56 Å². The third kappa shape index (κ3) is 3.48. The van der Waals surface area contributed by atoms with E-state index in [1.807, 2.05) is 30.3 Å². The van der Waals surface area contributed by atoms with Crippen LogP contribution in [0.3, 0.4) is 0 Å². The van der Waals surface area contributed by atoms with Crippen LogP contribution in [0.2, 0.25) is 0 Å². The molecular weight excluding hydrogens is 342 g/mol. The fourth-order valence-corrected chi connectivity index (χ4v) is 4.87. The van der Waals surface area contributed by atoms with Gasteiger partial charge in [-0.25, -0.2) is 9.78 Å². The van der Waals surface area contributed by atoms with Crippen LogP contribution in [0.1, 0.15) is 32.1 Å². The first-order valence-corrected chi connectivity index (χ1v) is 9.67. The highest BCUT2D eigenvalue weighted by Gasteiger charge is 2.46. The lowest BCUT2D eigenvalue weighted by atomic mass is 9.69. The summed E-state index contributed by atoms with van der Waals surface area (Å²) in [7, 11) is 0. The molecule has 1 atom stereocenters. The minimum absolute atomic E-state index is 0.00812. The average Bonchev–Trinajstić information content (AvgIpc) is 3.14. The lowest BCUT2D eigenvalue weighted by molar-refractivity contribution is 0.0251. The highest BCUT2D eigenvalue weighted by Crippen LogP contribution is 2.49. The van der Waals surface area contributed by atoms with Gasteiger partial charge in [-0.2, -0.15) is 0 Å². The normalized spacial score (nSPS) is 21.5. The molecule has 2 aliphatic rings. The second-order valence-electron chi connectivity index (χ2n) is 7.89. The van der Waals surface area contributed by atoms with Crippen molar-refractivity contribution in [3.05, 3.63) is 53.1 Å². The lowest BCUT2D eigenvalue weighted by Gasteiger charge is -2.45. The van der Waals surface area contributed by atoms with Crippen LogP contribution in [0.15, 0.2) is 47.5 Å². The van der Waals surface area contributed by atoms with E-state index in [-0.39, 0.29) is 11.0 Å². The molecule has 27 heavy (non-hydrogen) atoms. The van der Waals surface area contributed by atoms with Crippen LogP contribution < -0.4 is 5.56 Å². The van der Waals surface area contributed by atoms with Crippen molar-refractivity contribution in [3.8, 4) is 11.3 Å². The third-order valence-electron chi connectivity index (χ3n) is 6.36. The maximum atomic E-state index is 12.7. The van der Waals surface area contributed by atoms with E-state index in [0.29, 0.717) is 31.2 Å². The van der Waals surface area contributed by atoms with Crippen molar-refractivity contribution < 1.29 is 9.90 Å². The molecule has 2 fully saturated rings. The number of amides is 1. The average molecular weight is 367 g/mol. The number of carboxylic acid groups (broad SMARTS) is 1. The molecular formula is C21H25N3O3. The Morgan fingerprint density at radius 3 is 2.63 bits per heavy atom. The maximum Gasteiger partial charge on any atom is 0.407 e. The lowest BCUT2D eigenvalue weighted by Crippen LogP contribution is -2.51. The molecule has 6 heteroatoms. The molecule has 0 bridgehead atoms. The summed E-state index contributed by atoms with van der Waals surface area (Å²) in [5, 5.41) is 9.40. The molecule has 2 aromatic rings. The molecule has 1 saturated carbocycles. The van der Waals surface area contributed by atoms with Crippen molar-refractivity contribution in [2.75, 3.05) is 13.1 Å². The first-order chi connectivity index (χ1) is 13.1. The van der Waals surface area contributed by atoms with Crippen LogP contribution >= 0.6 is 0 Å². The summed E-state index contributed by atoms with van der Waals surface area (Å²) in [5.74, 6) is 0.317. The minimum atomic E-state index is -0.828. The van der Waals surface area contributed by atoms with Crippen molar-refractivity contribution in [2.45, 2.75) is 38.6 Å². The first-order valence-electron chi connectivity index (χ1n) is 9.67. The van der Waals surface area contributed by atoms with Crippen molar-refractivity contribution >= 4 is 6.09 Å². The van der Waals surface area contributed by atoms with Crippen LogP contribution in [0.4, 0.5) is 4.79 Å². The number of carbonyl (C=O) groups is 1. The molecule has 0 unspecified atom stereocenters. The van der Waals surface area contributed by atoms with E-state index in [2.05, 4.69) is 4.98 Å². The van der Waals surface area contributed by atoms with Gasteiger partial charge in [-0.15, -0.1) is 0 Å². The van der Waals surface area contributed by atoms with Crippen LogP contribution in [-0.4, -0.2) is 38.7 Å². The SMILES string of the molecule is O=C(O)N1CC[C@H](Cn2cnc(-c3ccccc3)cc2=O)C2(CCCC2)C1. The molecule has 1 N–H and O–H groups in total. The maximum absolute atomic E-state index is 12.7. The fraction of sp³-hybridized carbons (Fsp3) is 0.476. The Balaban J connectivity index is 1.56. The monoisotopic (exact) mass is 367 g/mol. The summed E-state index contributed by atoms with van der Waals surface area (Å²) < 4.78 is 1.70. The van der Waals surface area contributed by atoms with Crippen molar-refractivity contribution in [1.82, 2.24) is 14.5 Å². The topological polar surface area (TPSA) is 75.4 Å². The standard InChI is InChI=1S/C21H25N3O3/c25-19-12-18(16-6-2-1-3-7-16)22-15-24(19)13-17-8-11-23(20(26)27)14-21(17)9-4-5-10-21/h1-3,6-7,12,15,17H,4-5,8-11,13-14H2,(H,26,27)/t17-/m1/s1. The fourth-order valence-electron chi connectivity index (χ4n) is 4.87. The molecule has 0 radical (unpaired) electrons. The van der Waals surface area contributed by atoms with Crippen LogP contribution in [0, 0.1) is 11.3 Å². The third-order valence-corrected chi connectivity index (χ3v) is 6.36. The summed E-state index contributed by atoms with van der Waals surface area (Å²) in [5.41, 5.74) is 1.59. The Morgan fingerprint density at radius 2 is 1.96 bits per heavy atom. The predicted molar refractivity (Wildman–Crippen MR) is 103 cm³/mol. The number of hydrogen-bond acceptors (Lipinski definition) is 3. The molecule has 1 aromatic heterocycles. The molecule has 6 nitrogen and oxygen atoms in total. The molecule has 4 rings (SSSR count). The number of benzene rings is 1. The first kappa shape index (κ1) is 17.8. The van der Waals surface area contributed by atoms with E-state index >= 15 is 0 Å². The second-order valence-corrected chi connectivity index (χ2v) is 7.89. The van der Waals surface area contributed by atoms with Gasteiger partial charge in [0.05, 0.1) is 12.0 Å². The zero-order valence-corrected chi connectivity index (χ0v) is 15.4. The minimum Gasteiger partial charge on any atom is -0.465 e. The van der Waals surface area contributed by atoms with Gasteiger partial charge in [0.15, 0.2) is 0 Å². The Morgan fingerprint density at radius 1 is 1.22 bits per heavy atom. The summed E-state index contributed by atoms with van der Waals surface area (Å²) in [6, 6.07) is 11.3. The molecule has 1 aliphatic heterocycles. The van der Waals surface area contributed by atoms with Crippen molar-refractivity contribution in [1.29, 1.82) is 0 Å². The Kier molecular flexibility index (Phi) is 4.72. The van der Waals surface area contributed by atoms with E-state index in [1.165, 1.54) is 0 Å². The zero-order chi connectivity index (χ0) is 18.9. The number of piperidine rings is 1.